The van der Waals surface area contributed by atoms with E-state index in [2.05, 4.69) is 10.1 Å². The van der Waals surface area contributed by atoms with E-state index < -0.39 is 5.91 Å². The summed E-state index contributed by atoms with van der Waals surface area (Å²) in [4.78, 5) is 16.4. The van der Waals surface area contributed by atoms with Gasteiger partial charge in [0.15, 0.2) is 5.84 Å². The van der Waals surface area contributed by atoms with Gasteiger partial charge in [0.25, 0.3) is 5.91 Å². The quantitative estimate of drug-likeness (QED) is 0.858. The van der Waals surface area contributed by atoms with Crippen LogP contribution in [0.4, 0.5) is 0 Å². The first-order valence-electron chi connectivity index (χ1n) is 7.33. The molecule has 2 aliphatic heterocycles. The molecule has 1 amide bonds. The third kappa shape index (κ3) is 2.57. The maximum absolute atomic E-state index is 12.3. The van der Waals surface area contributed by atoms with Crippen molar-refractivity contribution in [2.45, 2.75) is 0 Å². The summed E-state index contributed by atoms with van der Waals surface area (Å²) in [5.41, 5.74) is 2.03. The molecule has 0 fully saturated rings. The van der Waals surface area contributed by atoms with Crippen LogP contribution in [0.5, 0.6) is 0 Å². The Labute approximate surface area is 142 Å². The predicted molar refractivity (Wildman–Crippen MR) is 97.0 cm³/mol. The van der Waals surface area contributed by atoms with Crippen LogP contribution in [0.15, 0.2) is 76.3 Å². The normalized spacial score (nSPS) is 18.5. The highest BCUT2D eigenvalue weighted by molar-refractivity contribution is 8.27. The maximum atomic E-state index is 12.3. The minimum absolute atomic E-state index is 0.0484. The molecule has 0 aromatic heterocycles. The lowest BCUT2D eigenvalue weighted by atomic mass is 10.1. The van der Waals surface area contributed by atoms with Crippen molar-refractivity contribution in [1.29, 1.82) is 5.41 Å². The second kappa shape index (κ2) is 5.90. The molecule has 116 valence electrons. The van der Waals surface area contributed by atoms with Crippen LogP contribution < -0.4 is 0 Å². The van der Waals surface area contributed by atoms with Gasteiger partial charge in [-0.2, -0.15) is 15.1 Å². The lowest BCUT2D eigenvalue weighted by Gasteiger charge is -2.20. The number of benzene rings is 2. The highest BCUT2D eigenvalue weighted by Crippen LogP contribution is 2.30. The van der Waals surface area contributed by atoms with Crippen LogP contribution in [0.1, 0.15) is 11.1 Å². The summed E-state index contributed by atoms with van der Waals surface area (Å²) in [6.45, 7) is 0. The van der Waals surface area contributed by atoms with E-state index in [0.29, 0.717) is 5.17 Å². The molecular formula is C18H12N4OS. The van der Waals surface area contributed by atoms with Crippen LogP contribution in [0.25, 0.3) is 6.08 Å². The van der Waals surface area contributed by atoms with Gasteiger partial charge in [-0.25, -0.2) is 0 Å². The molecule has 24 heavy (non-hydrogen) atoms. The van der Waals surface area contributed by atoms with Gasteiger partial charge < -0.3 is 0 Å². The van der Waals surface area contributed by atoms with E-state index in [1.54, 1.807) is 6.08 Å². The molecule has 5 nitrogen and oxygen atoms in total. The number of rotatable bonds is 2. The van der Waals surface area contributed by atoms with Gasteiger partial charge in [-0.3, -0.25) is 10.2 Å². The van der Waals surface area contributed by atoms with Crippen molar-refractivity contribution in [2.75, 3.05) is 0 Å². The van der Waals surface area contributed by atoms with Gasteiger partial charge in [0.2, 0.25) is 5.17 Å². The summed E-state index contributed by atoms with van der Waals surface area (Å²) < 4.78 is 0. The Morgan fingerprint density at radius 2 is 1.67 bits per heavy atom. The number of nitrogens with one attached hydrogen (secondary N) is 1. The fourth-order valence-electron chi connectivity index (χ4n) is 2.41. The molecule has 4 rings (SSSR count). The van der Waals surface area contributed by atoms with Gasteiger partial charge in [-0.05, 0) is 23.4 Å². The summed E-state index contributed by atoms with van der Waals surface area (Å²) in [6.07, 6.45) is 1.67. The summed E-state index contributed by atoms with van der Waals surface area (Å²) in [7, 11) is 0. The van der Waals surface area contributed by atoms with Gasteiger partial charge in [-0.1, -0.05) is 60.7 Å². The van der Waals surface area contributed by atoms with E-state index in [-0.39, 0.29) is 11.4 Å². The Kier molecular flexibility index (Phi) is 3.59. The Bertz CT molecular complexity index is 917. The molecule has 1 N–H and O–H groups in total. The van der Waals surface area contributed by atoms with Crippen molar-refractivity contribution in [3.63, 3.8) is 0 Å². The topological polar surface area (TPSA) is 68.9 Å². The lowest BCUT2D eigenvalue weighted by molar-refractivity contribution is -0.114. The van der Waals surface area contributed by atoms with Crippen molar-refractivity contribution < 1.29 is 4.79 Å². The monoisotopic (exact) mass is 332 g/mol. The van der Waals surface area contributed by atoms with Crippen LogP contribution in [-0.2, 0) is 4.79 Å². The van der Waals surface area contributed by atoms with E-state index in [4.69, 9.17) is 5.41 Å². The number of hydrazone groups is 1. The Morgan fingerprint density at radius 1 is 1.00 bits per heavy atom. The van der Waals surface area contributed by atoms with Crippen molar-refractivity contribution in [1.82, 2.24) is 5.01 Å². The van der Waals surface area contributed by atoms with Crippen LogP contribution in [0.2, 0.25) is 0 Å². The number of carbonyl (C=O) groups excluding carboxylic acids is 1. The van der Waals surface area contributed by atoms with Gasteiger partial charge in [0.1, 0.15) is 5.04 Å². The van der Waals surface area contributed by atoms with E-state index in [0.717, 1.165) is 16.2 Å². The fourth-order valence-corrected chi connectivity index (χ4v) is 3.30. The van der Waals surface area contributed by atoms with Gasteiger partial charge >= 0.3 is 0 Å². The smallest absolute Gasteiger partial charge is 0.282 e. The van der Waals surface area contributed by atoms with E-state index in [9.17, 15) is 4.79 Å². The fraction of sp³-hybridized carbons (Fsp3) is 0. The predicted octanol–water partition coefficient (Wildman–Crippen LogP) is 3.35. The average molecular weight is 332 g/mol. The van der Waals surface area contributed by atoms with Gasteiger partial charge in [0.05, 0.1) is 5.57 Å². The highest BCUT2D eigenvalue weighted by atomic mass is 32.2. The molecule has 2 aliphatic rings. The summed E-state index contributed by atoms with van der Waals surface area (Å²) in [6, 6.07) is 19.1. The van der Waals surface area contributed by atoms with Gasteiger partial charge in [-0.15, -0.1) is 0 Å². The van der Waals surface area contributed by atoms with Crippen LogP contribution >= 0.6 is 11.8 Å². The van der Waals surface area contributed by atoms with Crippen molar-refractivity contribution in [3.05, 3.63) is 77.4 Å². The minimum atomic E-state index is -0.410. The molecule has 0 aliphatic carbocycles. The molecule has 2 aromatic carbocycles. The molecule has 0 saturated heterocycles. The molecule has 0 radical (unpaired) electrons. The zero-order valence-electron chi connectivity index (χ0n) is 12.5. The van der Waals surface area contributed by atoms with Crippen LogP contribution in [0, 0.1) is 5.41 Å². The second-order valence-corrected chi connectivity index (χ2v) is 6.16. The number of fused-ring (bicyclic) bond motifs is 1. The SMILES string of the molecule is N=C1C(=Cc2ccccc2)C(=O)N=C2SC(c3ccccc3)=NN12. The third-order valence-electron chi connectivity index (χ3n) is 3.59. The maximum Gasteiger partial charge on any atom is 0.283 e. The Hall–Kier alpha value is -2.99. The second-order valence-electron chi connectivity index (χ2n) is 5.20. The molecule has 0 atom stereocenters. The minimum Gasteiger partial charge on any atom is -0.282 e. The largest absolute Gasteiger partial charge is 0.283 e. The molecule has 2 heterocycles. The first-order chi connectivity index (χ1) is 11.7. The average Bonchev–Trinajstić information content (AvgIpc) is 3.04. The molecule has 0 unspecified atom stereocenters. The highest BCUT2D eigenvalue weighted by Gasteiger charge is 2.35. The zero-order valence-corrected chi connectivity index (χ0v) is 13.3. The Morgan fingerprint density at radius 3 is 2.38 bits per heavy atom. The number of hydrogen-bond acceptors (Lipinski definition) is 4. The van der Waals surface area contributed by atoms with E-state index in [1.165, 1.54) is 16.8 Å². The number of hydrogen-bond donors (Lipinski definition) is 1. The number of thioether (sulfide) groups is 1. The molecule has 0 spiro atoms. The molecule has 0 saturated carbocycles. The standard InChI is InChI=1S/C18H12N4OS/c19-15-14(11-12-7-3-1-4-8-12)16(23)20-18-22(15)21-17(24-18)13-9-5-2-6-10-13/h1-11,19H. The number of amides is 1. The summed E-state index contributed by atoms with van der Waals surface area (Å²) >= 11 is 1.30. The van der Waals surface area contributed by atoms with E-state index in [1.807, 2.05) is 60.7 Å². The van der Waals surface area contributed by atoms with Crippen molar-refractivity contribution in [3.8, 4) is 0 Å². The van der Waals surface area contributed by atoms with E-state index >= 15 is 0 Å². The summed E-state index contributed by atoms with van der Waals surface area (Å²) in [5, 5.41) is 15.4. The van der Waals surface area contributed by atoms with Crippen LogP contribution in [0.3, 0.4) is 0 Å². The first-order valence-corrected chi connectivity index (χ1v) is 8.15. The number of nitrogens with zero attached hydrogens (tertiary/aromatic N) is 3. The molecular weight excluding hydrogens is 320 g/mol. The molecule has 0 bridgehead atoms. The summed E-state index contributed by atoms with van der Waals surface area (Å²) in [5.74, 6) is -0.362. The van der Waals surface area contributed by atoms with Gasteiger partial charge in [0, 0.05) is 5.56 Å². The van der Waals surface area contributed by atoms with Crippen LogP contribution in [-0.4, -0.2) is 27.0 Å². The lowest BCUT2D eigenvalue weighted by Crippen LogP contribution is -2.35. The van der Waals surface area contributed by atoms with Crippen molar-refractivity contribution >= 4 is 39.8 Å². The van der Waals surface area contributed by atoms with Crippen molar-refractivity contribution in [2.24, 2.45) is 10.1 Å². The third-order valence-corrected chi connectivity index (χ3v) is 4.54. The molecule has 6 heteroatoms. The first kappa shape index (κ1) is 14.6. The Balaban J connectivity index is 1.71. The zero-order chi connectivity index (χ0) is 16.5. The number of aliphatic imine (C=N–C) groups is 1. The number of amidine groups is 2. The number of carbonyl (C=O) groups is 1. The molecule has 2 aromatic rings.